The summed E-state index contributed by atoms with van der Waals surface area (Å²) in [7, 11) is 0. The van der Waals surface area contributed by atoms with Crippen LogP contribution in [0, 0.1) is 24.7 Å². The number of nitrogens with one attached hydrogen (secondary N) is 1. The molecule has 5 aliphatic rings. The number of thioether (sulfide) groups is 1. The molecule has 1 heterocycles. The van der Waals surface area contributed by atoms with Gasteiger partial charge >= 0.3 is 0 Å². The first-order chi connectivity index (χ1) is 14.9. The van der Waals surface area contributed by atoms with Gasteiger partial charge in [0.05, 0.1) is 4.91 Å². The lowest BCUT2D eigenvalue weighted by atomic mass is 9.53. The van der Waals surface area contributed by atoms with E-state index in [0.29, 0.717) is 28.6 Å². The SMILES string of the molecule is Cc1ccc(C=C2SC(=S)N(CCCC(=O)NC34CC5CC(CC(C5)C3)C4)C2=O)cc1. The van der Waals surface area contributed by atoms with Crippen molar-refractivity contribution in [3.63, 3.8) is 0 Å². The highest BCUT2D eigenvalue weighted by Crippen LogP contribution is 2.55. The summed E-state index contributed by atoms with van der Waals surface area (Å²) in [5, 5.41) is 3.43. The van der Waals surface area contributed by atoms with E-state index in [1.165, 1.54) is 55.9 Å². The summed E-state index contributed by atoms with van der Waals surface area (Å²) < 4.78 is 0.588. The van der Waals surface area contributed by atoms with E-state index in [9.17, 15) is 9.59 Å². The molecule has 1 aliphatic heterocycles. The third-order valence-electron chi connectivity index (χ3n) is 7.48. The number of hydrogen-bond donors (Lipinski definition) is 1. The van der Waals surface area contributed by atoms with Gasteiger partial charge in [-0.1, -0.05) is 53.8 Å². The van der Waals surface area contributed by atoms with E-state index < -0.39 is 0 Å². The molecule has 4 nitrogen and oxygen atoms in total. The monoisotopic (exact) mass is 454 g/mol. The van der Waals surface area contributed by atoms with Crippen molar-refractivity contribution in [3.05, 3.63) is 40.3 Å². The van der Waals surface area contributed by atoms with Crippen molar-refractivity contribution in [2.75, 3.05) is 6.54 Å². The lowest BCUT2D eigenvalue weighted by molar-refractivity contribution is -0.127. The van der Waals surface area contributed by atoms with E-state index in [4.69, 9.17) is 12.2 Å². The maximum Gasteiger partial charge on any atom is 0.266 e. The van der Waals surface area contributed by atoms with Crippen LogP contribution in [0.4, 0.5) is 0 Å². The molecular formula is C25H30N2O2S2. The first-order valence-electron chi connectivity index (χ1n) is 11.5. The highest BCUT2D eigenvalue weighted by atomic mass is 32.2. The van der Waals surface area contributed by atoms with Crippen molar-refractivity contribution in [2.24, 2.45) is 17.8 Å². The first kappa shape index (κ1) is 21.2. The Morgan fingerprint density at radius 1 is 1.16 bits per heavy atom. The Bertz CT molecular complexity index is 902. The lowest BCUT2D eigenvalue weighted by Crippen LogP contribution is -2.59. The van der Waals surface area contributed by atoms with Gasteiger partial charge < -0.3 is 5.32 Å². The Balaban J connectivity index is 1.13. The Morgan fingerprint density at radius 3 is 2.39 bits per heavy atom. The second-order valence-corrected chi connectivity index (χ2v) is 11.8. The van der Waals surface area contributed by atoms with Gasteiger partial charge in [-0.3, -0.25) is 14.5 Å². The van der Waals surface area contributed by atoms with Gasteiger partial charge in [-0.15, -0.1) is 0 Å². The summed E-state index contributed by atoms with van der Waals surface area (Å²) in [5.41, 5.74) is 2.25. The van der Waals surface area contributed by atoms with Crippen LogP contribution in [0.2, 0.25) is 0 Å². The molecule has 1 saturated heterocycles. The van der Waals surface area contributed by atoms with Gasteiger partial charge in [0.2, 0.25) is 5.91 Å². The molecule has 0 spiro atoms. The molecule has 6 rings (SSSR count). The summed E-state index contributed by atoms with van der Waals surface area (Å²) in [4.78, 5) is 27.9. The summed E-state index contributed by atoms with van der Waals surface area (Å²) in [6.07, 6.45) is 10.6. The molecule has 1 aromatic carbocycles. The molecule has 1 aromatic rings. The fourth-order valence-corrected chi connectivity index (χ4v) is 7.84. The van der Waals surface area contributed by atoms with Crippen LogP contribution in [0.25, 0.3) is 6.08 Å². The molecule has 4 saturated carbocycles. The highest BCUT2D eigenvalue weighted by Gasteiger charge is 2.51. The van der Waals surface area contributed by atoms with Crippen molar-refractivity contribution in [2.45, 2.75) is 63.8 Å². The molecule has 4 aliphatic carbocycles. The molecule has 0 unspecified atom stereocenters. The average Bonchev–Trinajstić information content (AvgIpc) is 2.95. The Hall–Kier alpha value is -1.66. The number of thiocarbonyl (C=S) groups is 1. The molecule has 0 aromatic heterocycles. The zero-order valence-corrected chi connectivity index (χ0v) is 19.7. The summed E-state index contributed by atoms with van der Waals surface area (Å²) >= 11 is 6.80. The van der Waals surface area contributed by atoms with Crippen LogP contribution in [0.3, 0.4) is 0 Å². The van der Waals surface area contributed by atoms with Crippen LogP contribution in [0.15, 0.2) is 29.2 Å². The normalized spacial score (nSPS) is 32.9. The number of carbonyl (C=O) groups excluding carboxylic acids is 2. The minimum atomic E-state index is -0.0444. The Morgan fingerprint density at radius 2 is 1.77 bits per heavy atom. The number of rotatable bonds is 6. The average molecular weight is 455 g/mol. The molecule has 1 N–H and O–H groups in total. The highest BCUT2D eigenvalue weighted by molar-refractivity contribution is 8.26. The van der Waals surface area contributed by atoms with Gasteiger partial charge in [0.25, 0.3) is 5.91 Å². The van der Waals surface area contributed by atoms with Gasteiger partial charge in [-0.2, -0.15) is 0 Å². The topological polar surface area (TPSA) is 49.4 Å². The summed E-state index contributed by atoms with van der Waals surface area (Å²) in [6.45, 7) is 2.55. The Kier molecular flexibility index (Phi) is 5.72. The van der Waals surface area contributed by atoms with Gasteiger partial charge in [0.15, 0.2) is 0 Å². The zero-order chi connectivity index (χ0) is 21.6. The molecule has 164 valence electrons. The largest absolute Gasteiger partial charge is 0.351 e. The maximum atomic E-state index is 12.8. The molecule has 4 bridgehead atoms. The second-order valence-electron chi connectivity index (χ2n) is 10.1. The standard InChI is InChI=1S/C25H30N2O2S2/c1-16-4-6-17(7-5-16)12-21-23(29)27(24(30)31-21)8-2-3-22(28)26-25-13-18-9-19(14-25)11-20(10-18)15-25/h4-7,12,18-20H,2-3,8-11,13-15H2,1H3,(H,26,28). The molecule has 5 fully saturated rings. The van der Waals surface area contributed by atoms with Crippen molar-refractivity contribution in [3.8, 4) is 0 Å². The minimum Gasteiger partial charge on any atom is -0.351 e. The minimum absolute atomic E-state index is 0.0444. The van der Waals surface area contributed by atoms with Gasteiger partial charge in [0, 0.05) is 18.5 Å². The van der Waals surface area contributed by atoms with Crippen molar-refractivity contribution >= 4 is 46.2 Å². The van der Waals surface area contributed by atoms with Gasteiger partial charge in [-0.25, -0.2) is 0 Å². The number of nitrogens with zero attached hydrogens (tertiary/aromatic N) is 1. The van der Waals surface area contributed by atoms with Crippen LogP contribution in [-0.2, 0) is 9.59 Å². The quantitative estimate of drug-likeness (QED) is 0.482. The van der Waals surface area contributed by atoms with E-state index in [-0.39, 0.29) is 17.4 Å². The second kappa shape index (κ2) is 8.36. The molecule has 0 atom stereocenters. The third-order valence-corrected chi connectivity index (χ3v) is 8.85. The smallest absolute Gasteiger partial charge is 0.266 e. The van der Waals surface area contributed by atoms with Gasteiger partial charge in [0.1, 0.15) is 4.32 Å². The molecular weight excluding hydrogens is 424 g/mol. The van der Waals surface area contributed by atoms with Crippen molar-refractivity contribution in [1.29, 1.82) is 0 Å². The predicted molar refractivity (Wildman–Crippen MR) is 129 cm³/mol. The molecule has 6 heteroatoms. The summed E-state index contributed by atoms with van der Waals surface area (Å²) in [6, 6.07) is 8.09. The van der Waals surface area contributed by atoms with E-state index in [1.807, 2.05) is 37.3 Å². The van der Waals surface area contributed by atoms with E-state index in [0.717, 1.165) is 23.3 Å². The van der Waals surface area contributed by atoms with Gasteiger partial charge in [-0.05, 0) is 81.3 Å². The Labute approximate surface area is 194 Å². The number of carbonyl (C=O) groups is 2. The predicted octanol–water partition coefficient (Wildman–Crippen LogP) is 5.06. The van der Waals surface area contributed by atoms with Crippen LogP contribution in [-0.4, -0.2) is 33.1 Å². The van der Waals surface area contributed by atoms with Crippen LogP contribution >= 0.6 is 24.0 Å². The third kappa shape index (κ3) is 4.47. The van der Waals surface area contributed by atoms with E-state index in [1.54, 1.807) is 4.90 Å². The number of amides is 2. The fourth-order valence-electron chi connectivity index (χ4n) is 6.53. The summed E-state index contributed by atoms with van der Waals surface area (Å²) in [5.74, 6) is 2.56. The first-order valence-corrected chi connectivity index (χ1v) is 12.7. The van der Waals surface area contributed by atoms with E-state index >= 15 is 0 Å². The number of benzene rings is 1. The molecule has 31 heavy (non-hydrogen) atoms. The van der Waals surface area contributed by atoms with E-state index in [2.05, 4.69) is 5.32 Å². The van der Waals surface area contributed by atoms with Crippen LogP contribution < -0.4 is 5.32 Å². The molecule has 2 amide bonds. The zero-order valence-electron chi connectivity index (χ0n) is 18.1. The molecule has 0 radical (unpaired) electrons. The lowest BCUT2D eigenvalue weighted by Gasteiger charge is -2.56. The fraction of sp³-hybridized carbons (Fsp3) is 0.560. The number of aryl methyl sites for hydroxylation is 1. The number of hydrogen-bond acceptors (Lipinski definition) is 4. The maximum absolute atomic E-state index is 12.8. The van der Waals surface area contributed by atoms with Crippen molar-refractivity contribution in [1.82, 2.24) is 10.2 Å². The van der Waals surface area contributed by atoms with Crippen LogP contribution in [0.1, 0.15) is 62.5 Å². The van der Waals surface area contributed by atoms with Crippen LogP contribution in [0.5, 0.6) is 0 Å². The van der Waals surface area contributed by atoms with Crippen molar-refractivity contribution < 1.29 is 9.59 Å².